The number of aromatic nitrogens is 4. The summed E-state index contributed by atoms with van der Waals surface area (Å²) in [7, 11) is 0. The second kappa shape index (κ2) is 13.1. The van der Waals surface area contributed by atoms with Gasteiger partial charge in [0.05, 0.1) is 33.5 Å². The molecule has 0 atom stereocenters. The van der Waals surface area contributed by atoms with Gasteiger partial charge in [0, 0.05) is 49.6 Å². The van der Waals surface area contributed by atoms with Crippen molar-refractivity contribution < 1.29 is 0 Å². The third-order valence-electron chi connectivity index (χ3n) is 11.0. The van der Waals surface area contributed by atoms with Crippen LogP contribution in [0.1, 0.15) is 0 Å². The molecule has 0 aliphatic heterocycles. The predicted molar refractivity (Wildman–Crippen MR) is 232 cm³/mol. The Morgan fingerprint density at radius 1 is 0.286 bits per heavy atom. The van der Waals surface area contributed by atoms with Crippen LogP contribution < -0.4 is 0 Å². The van der Waals surface area contributed by atoms with Gasteiger partial charge in [-0.1, -0.05) is 164 Å². The van der Waals surface area contributed by atoms with Crippen LogP contribution in [-0.2, 0) is 0 Å². The number of hydrogen-bond donors (Lipinski definition) is 0. The minimum atomic E-state index is 0.698. The summed E-state index contributed by atoms with van der Waals surface area (Å²) in [5.74, 6) is 0.698. The molecule has 0 radical (unpaired) electrons. The smallest absolute Gasteiger partial charge is 0.160 e. The van der Waals surface area contributed by atoms with Crippen molar-refractivity contribution in [3.63, 3.8) is 0 Å². The van der Waals surface area contributed by atoms with E-state index in [1.54, 1.807) is 0 Å². The molecule has 0 unspecified atom stereocenters. The van der Waals surface area contributed by atoms with E-state index in [2.05, 4.69) is 203 Å². The zero-order chi connectivity index (χ0) is 37.0. The Bertz CT molecular complexity index is 3200. The average molecular weight is 715 g/mol. The zero-order valence-electron chi connectivity index (χ0n) is 30.4. The molecule has 8 aromatic carbocycles. The minimum Gasteiger partial charge on any atom is -0.307 e. The lowest BCUT2D eigenvalue weighted by atomic mass is 10.0. The van der Waals surface area contributed by atoms with Crippen LogP contribution in [0.4, 0.5) is 0 Å². The number of hydrogen-bond acceptors (Lipinski definition) is 2. The molecule has 3 heterocycles. The van der Waals surface area contributed by atoms with Crippen LogP contribution in [0.25, 0.3) is 100 Å². The third-order valence-corrected chi connectivity index (χ3v) is 11.0. The van der Waals surface area contributed by atoms with E-state index in [-0.39, 0.29) is 0 Å². The van der Waals surface area contributed by atoms with Crippen molar-refractivity contribution in [1.82, 2.24) is 19.1 Å². The molecule has 0 fully saturated rings. The molecule has 0 N–H and O–H groups in total. The second-order valence-corrected chi connectivity index (χ2v) is 14.2. The lowest BCUT2D eigenvalue weighted by Gasteiger charge is -2.13. The van der Waals surface area contributed by atoms with E-state index in [4.69, 9.17) is 9.97 Å². The molecule has 262 valence electrons. The lowest BCUT2D eigenvalue weighted by molar-refractivity contribution is 1.15. The van der Waals surface area contributed by atoms with Gasteiger partial charge >= 0.3 is 0 Å². The van der Waals surface area contributed by atoms with E-state index < -0.39 is 0 Å². The number of benzene rings is 8. The number of nitrogens with zero attached hydrogens (tertiary/aromatic N) is 4. The van der Waals surface area contributed by atoms with E-state index in [9.17, 15) is 0 Å². The standard InChI is InChI=1S/C52H34N4/c1-4-14-35(15-5-1)36-24-26-39(27-25-36)52-53-46(37-16-6-2-7-17-37)34-47(54-52)38-28-30-41(31-29-38)56-49-23-13-11-21-43(49)45-33-32-44-42-20-10-12-22-48(42)55(50(44)51(45)56)40-18-8-3-9-19-40/h1-34H. The van der Waals surface area contributed by atoms with E-state index in [1.165, 1.54) is 49.2 Å². The second-order valence-electron chi connectivity index (χ2n) is 14.2. The number of fused-ring (bicyclic) bond motifs is 7. The van der Waals surface area contributed by atoms with Crippen molar-refractivity contribution in [1.29, 1.82) is 0 Å². The largest absolute Gasteiger partial charge is 0.307 e. The summed E-state index contributed by atoms with van der Waals surface area (Å²) in [6.45, 7) is 0. The van der Waals surface area contributed by atoms with Crippen LogP contribution in [-0.4, -0.2) is 19.1 Å². The van der Waals surface area contributed by atoms with Gasteiger partial charge in [-0.25, -0.2) is 9.97 Å². The molecule has 3 aromatic heterocycles. The maximum atomic E-state index is 5.18. The van der Waals surface area contributed by atoms with Crippen LogP contribution in [0.2, 0.25) is 0 Å². The molecule has 0 bridgehead atoms. The van der Waals surface area contributed by atoms with E-state index in [0.717, 1.165) is 45.0 Å². The first-order chi connectivity index (χ1) is 27.8. The third kappa shape index (κ3) is 5.23. The molecular formula is C52H34N4. The molecule has 0 amide bonds. The normalized spacial score (nSPS) is 11.6. The van der Waals surface area contributed by atoms with E-state index in [0.29, 0.717) is 5.82 Å². The number of rotatable bonds is 6. The molecule has 56 heavy (non-hydrogen) atoms. The summed E-state index contributed by atoms with van der Waals surface area (Å²) < 4.78 is 4.86. The SMILES string of the molecule is c1ccc(-c2ccc(-c3nc(-c4ccccc4)cc(-c4ccc(-n5c6ccccc6c6ccc7c8ccccc8n(-c8ccccc8)c7c65)cc4)n3)cc2)cc1. The first kappa shape index (κ1) is 31.9. The van der Waals surface area contributed by atoms with Crippen molar-refractivity contribution in [2.45, 2.75) is 0 Å². The Labute approximate surface area is 324 Å². The van der Waals surface area contributed by atoms with Crippen LogP contribution in [0.3, 0.4) is 0 Å². The summed E-state index contributed by atoms with van der Waals surface area (Å²) >= 11 is 0. The van der Waals surface area contributed by atoms with Gasteiger partial charge < -0.3 is 9.13 Å². The van der Waals surface area contributed by atoms with Crippen molar-refractivity contribution in [2.75, 3.05) is 0 Å². The summed E-state index contributed by atoms with van der Waals surface area (Å²) in [6, 6.07) is 73.1. The Morgan fingerprint density at radius 3 is 1.23 bits per heavy atom. The van der Waals surface area contributed by atoms with Crippen LogP contribution in [0, 0.1) is 0 Å². The minimum absolute atomic E-state index is 0.698. The molecule has 0 aliphatic carbocycles. The Balaban J connectivity index is 1.09. The maximum Gasteiger partial charge on any atom is 0.160 e. The van der Waals surface area contributed by atoms with Gasteiger partial charge in [-0.2, -0.15) is 0 Å². The fourth-order valence-corrected chi connectivity index (χ4v) is 8.32. The van der Waals surface area contributed by atoms with Crippen molar-refractivity contribution in [3.05, 3.63) is 206 Å². The topological polar surface area (TPSA) is 35.6 Å². The highest BCUT2D eigenvalue weighted by molar-refractivity contribution is 6.23. The van der Waals surface area contributed by atoms with Gasteiger partial charge in [-0.15, -0.1) is 0 Å². The molecule has 0 saturated carbocycles. The van der Waals surface area contributed by atoms with Gasteiger partial charge in [0.15, 0.2) is 5.82 Å². The quantitative estimate of drug-likeness (QED) is 0.172. The molecule has 0 spiro atoms. The monoisotopic (exact) mass is 714 g/mol. The highest BCUT2D eigenvalue weighted by atomic mass is 15.0. The van der Waals surface area contributed by atoms with Gasteiger partial charge in [-0.05, 0) is 53.6 Å². The van der Waals surface area contributed by atoms with Crippen LogP contribution >= 0.6 is 0 Å². The number of para-hydroxylation sites is 3. The zero-order valence-corrected chi connectivity index (χ0v) is 30.4. The summed E-state index contributed by atoms with van der Waals surface area (Å²) in [4.78, 5) is 10.3. The first-order valence-corrected chi connectivity index (χ1v) is 19.0. The molecule has 4 nitrogen and oxygen atoms in total. The van der Waals surface area contributed by atoms with Gasteiger partial charge in [0.1, 0.15) is 0 Å². The summed E-state index contributed by atoms with van der Waals surface area (Å²) in [6.07, 6.45) is 0. The van der Waals surface area contributed by atoms with Crippen LogP contribution in [0.15, 0.2) is 206 Å². The van der Waals surface area contributed by atoms with Gasteiger partial charge in [0.25, 0.3) is 0 Å². The fraction of sp³-hybridized carbons (Fsp3) is 0. The van der Waals surface area contributed by atoms with E-state index in [1.807, 2.05) is 12.1 Å². The summed E-state index contributed by atoms with van der Waals surface area (Å²) in [5.41, 5.74) is 14.1. The van der Waals surface area contributed by atoms with Crippen molar-refractivity contribution in [3.8, 4) is 56.4 Å². The van der Waals surface area contributed by atoms with Gasteiger partial charge in [-0.3, -0.25) is 0 Å². The lowest BCUT2D eigenvalue weighted by Crippen LogP contribution is -1.99. The van der Waals surface area contributed by atoms with Crippen molar-refractivity contribution in [2.24, 2.45) is 0 Å². The van der Waals surface area contributed by atoms with Crippen LogP contribution in [0.5, 0.6) is 0 Å². The molecule has 4 heteroatoms. The van der Waals surface area contributed by atoms with Gasteiger partial charge in [0.2, 0.25) is 0 Å². The first-order valence-electron chi connectivity index (χ1n) is 19.0. The molecule has 0 saturated heterocycles. The maximum absolute atomic E-state index is 5.18. The fourth-order valence-electron chi connectivity index (χ4n) is 8.32. The highest BCUT2D eigenvalue weighted by Crippen LogP contribution is 2.42. The Kier molecular flexibility index (Phi) is 7.46. The highest BCUT2D eigenvalue weighted by Gasteiger charge is 2.21. The predicted octanol–water partition coefficient (Wildman–Crippen LogP) is 13.3. The molecule has 11 aromatic rings. The molecular weight excluding hydrogens is 681 g/mol. The Morgan fingerprint density at radius 2 is 0.679 bits per heavy atom. The van der Waals surface area contributed by atoms with E-state index >= 15 is 0 Å². The van der Waals surface area contributed by atoms with Crippen molar-refractivity contribution >= 4 is 43.6 Å². The molecule has 11 rings (SSSR count). The average Bonchev–Trinajstić information content (AvgIpc) is 3.80. The molecule has 0 aliphatic rings. The summed E-state index contributed by atoms with van der Waals surface area (Å²) in [5, 5.41) is 4.92. The Hall–Kier alpha value is -7.56.